The van der Waals surface area contributed by atoms with Gasteiger partial charge >= 0.3 is 6.09 Å². The van der Waals surface area contributed by atoms with E-state index in [0.29, 0.717) is 38.5 Å². The van der Waals surface area contributed by atoms with Crippen LogP contribution < -0.4 is 25.2 Å². The molecule has 0 aromatic heterocycles. The molecule has 1 atom stereocenters. The monoisotopic (exact) mass is 639 g/mol. The number of carbonyl (C=O) groups is 2. The highest BCUT2D eigenvalue weighted by Gasteiger charge is 2.42. The molecule has 2 amide bonds. The van der Waals surface area contributed by atoms with Crippen molar-refractivity contribution in [2.45, 2.75) is 129 Å². The SMILES string of the molecule is CC(C)(C)OC(=O)NC(Cc1ccc(O[Si](C)(C)C(C)(C)C)c(O[Si](C)(C)C(C)(C)C)c1)C(=O)NCCCOCCCN. The molecule has 0 aliphatic carbocycles. The van der Waals surface area contributed by atoms with E-state index in [4.69, 9.17) is 24.1 Å². The van der Waals surface area contributed by atoms with Gasteiger partial charge in [0.1, 0.15) is 23.1 Å². The van der Waals surface area contributed by atoms with Gasteiger partial charge in [0.25, 0.3) is 16.6 Å². The van der Waals surface area contributed by atoms with E-state index in [1.165, 1.54) is 0 Å². The molecule has 9 nitrogen and oxygen atoms in total. The molecule has 0 saturated heterocycles. The smallest absolute Gasteiger partial charge is 0.408 e. The van der Waals surface area contributed by atoms with Crippen molar-refractivity contribution in [3.05, 3.63) is 23.8 Å². The molecule has 4 N–H and O–H groups in total. The first kappa shape index (κ1) is 38.9. The maximum Gasteiger partial charge on any atom is 0.408 e. The molecule has 0 radical (unpaired) electrons. The number of amides is 2. The Balaban J connectivity index is 3.32. The Bertz CT molecular complexity index is 1040. The number of alkyl carbamates (subject to hydrolysis) is 1. The maximum atomic E-state index is 13.3. The Kier molecular flexibility index (Phi) is 14.3. The van der Waals surface area contributed by atoms with E-state index in [9.17, 15) is 9.59 Å². The Labute approximate surface area is 263 Å². The molecular formula is C32H61N3O6Si2. The first-order valence-electron chi connectivity index (χ1n) is 15.5. The first-order chi connectivity index (χ1) is 19.5. The fourth-order valence-corrected chi connectivity index (χ4v) is 5.43. The van der Waals surface area contributed by atoms with E-state index in [-0.39, 0.29) is 22.4 Å². The van der Waals surface area contributed by atoms with E-state index in [2.05, 4.69) is 78.4 Å². The molecule has 0 spiro atoms. The lowest BCUT2D eigenvalue weighted by Gasteiger charge is -2.39. The van der Waals surface area contributed by atoms with Gasteiger partial charge in [-0.2, -0.15) is 0 Å². The van der Waals surface area contributed by atoms with E-state index >= 15 is 0 Å². The van der Waals surface area contributed by atoms with Crippen LogP contribution in [0, 0.1) is 0 Å². The molecule has 43 heavy (non-hydrogen) atoms. The van der Waals surface area contributed by atoms with Crippen LogP contribution in [0.4, 0.5) is 4.79 Å². The largest absolute Gasteiger partial charge is 0.541 e. The topological polar surface area (TPSA) is 121 Å². The number of carbonyl (C=O) groups excluding carboxylic acids is 2. The highest BCUT2D eigenvalue weighted by molar-refractivity contribution is 6.75. The highest BCUT2D eigenvalue weighted by atomic mass is 28.4. The molecule has 1 rings (SSSR count). The summed E-state index contributed by atoms with van der Waals surface area (Å²) < 4.78 is 24.5. The average Bonchev–Trinajstić information content (AvgIpc) is 2.81. The van der Waals surface area contributed by atoms with Crippen LogP contribution in [-0.4, -0.2) is 66.6 Å². The van der Waals surface area contributed by atoms with Gasteiger partial charge in [0.05, 0.1) is 0 Å². The fraction of sp³-hybridized carbons (Fsp3) is 0.750. The standard InChI is InChI=1S/C32H61N3O6Si2/c1-30(2,3)39-29(37)35-25(28(36)34-19-15-21-38-20-14-18-33)22-24-16-17-26(40-42(10,11)31(4,5)6)27(23-24)41-43(12,13)32(7,8)9/h16-17,23,25H,14-15,18-22,33H2,1-13H3,(H,34,36)(H,35,37). The summed E-state index contributed by atoms with van der Waals surface area (Å²) in [4.78, 5) is 26.0. The normalized spacial score (nSPS) is 13.7. The van der Waals surface area contributed by atoms with Crippen LogP contribution in [0.2, 0.25) is 36.3 Å². The second kappa shape index (κ2) is 15.8. The molecule has 1 unspecified atom stereocenters. The molecule has 0 aliphatic rings. The van der Waals surface area contributed by atoms with Gasteiger partial charge in [-0.3, -0.25) is 4.79 Å². The van der Waals surface area contributed by atoms with Gasteiger partial charge in [0.2, 0.25) is 5.91 Å². The maximum absolute atomic E-state index is 13.3. The van der Waals surface area contributed by atoms with Crippen LogP contribution in [0.5, 0.6) is 11.5 Å². The molecule has 0 aliphatic heterocycles. The van der Waals surface area contributed by atoms with E-state index in [1.54, 1.807) is 20.8 Å². The van der Waals surface area contributed by atoms with Crippen molar-refractivity contribution in [3.63, 3.8) is 0 Å². The minimum absolute atomic E-state index is 0.00981. The Hall–Kier alpha value is -2.09. The summed E-state index contributed by atoms with van der Waals surface area (Å²) in [6.45, 7) is 29.6. The quantitative estimate of drug-likeness (QED) is 0.143. The Morgan fingerprint density at radius 2 is 1.37 bits per heavy atom. The zero-order valence-electron chi connectivity index (χ0n) is 29.3. The number of nitrogens with one attached hydrogen (secondary N) is 2. The molecule has 0 saturated carbocycles. The Morgan fingerprint density at radius 3 is 1.88 bits per heavy atom. The van der Waals surface area contributed by atoms with E-state index in [0.717, 1.165) is 17.7 Å². The number of benzene rings is 1. The van der Waals surface area contributed by atoms with E-state index in [1.807, 2.05) is 18.2 Å². The number of hydrogen-bond donors (Lipinski definition) is 3. The van der Waals surface area contributed by atoms with Crippen molar-refractivity contribution in [3.8, 4) is 11.5 Å². The predicted molar refractivity (Wildman–Crippen MR) is 181 cm³/mol. The lowest BCUT2D eigenvalue weighted by Crippen LogP contribution is -2.49. The van der Waals surface area contributed by atoms with Gasteiger partial charge in [-0.15, -0.1) is 0 Å². The van der Waals surface area contributed by atoms with Crippen molar-refractivity contribution < 1.29 is 27.9 Å². The fourth-order valence-electron chi connectivity index (χ4n) is 3.39. The molecule has 1 aromatic carbocycles. The minimum Gasteiger partial charge on any atom is -0.541 e. The van der Waals surface area contributed by atoms with Crippen molar-refractivity contribution in [1.29, 1.82) is 0 Å². The van der Waals surface area contributed by atoms with Gasteiger partial charge in [-0.05, 0) is 94.1 Å². The first-order valence-corrected chi connectivity index (χ1v) is 21.4. The van der Waals surface area contributed by atoms with Crippen LogP contribution in [0.1, 0.15) is 80.7 Å². The van der Waals surface area contributed by atoms with Crippen LogP contribution in [-0.2, 0) is 20.7 Å². The molecule has 0 fully saturated rings. The number of ether oxygens (including phenoxy) is 2. The summed E-state index contributed by atoms with van der Waals surface area (Å²) in [5.74, 6) is 1.11. The molecule has 1 aromatic rings. The third kappa shape index (κ3) is 13.6. The molecule has 248 valence electrons. The number of hydrogen-bond acceptors (Lipinski definition) is 7. The summed E-state index contributed by atoms with van der Waals surface area (Å²) in [6, 6.07) is 5.01. The molecular weight excluding hydrogens is 579 g/mol. The second-order valence-corrected chi connectivity index (χ2v) is 24.8. The number of nitrogens with two attached hydrogens (primary N) is 1. The number of rotatable bonds is 15. The van der Waals surface area contributed by atoms with Crippen LogP contribution >= 0.6 is 0 Å². The van der Waals surface area contributed by atoms with Gasteiger partial charge in [-0.1, -0.05) is 47.6 Å². The van der Waals surface area contributed by atoms with Gasteiger partial charge < -0.3 is 34.7 Å². The molecule has 0 bridgehead atoms. The zero-order valence-corrected chi connectivity index (χ0v) is 31.3. The van der Waals surface area contributed by atoms with Crippen molar-refractivity contribution >= 4 is 28.6 Å². The third-order valence-corrected chi connectivity index (χ3v) is 16.7. The second-order valence-electron chi connectivity index (χ2n) is 15.3. The van der Waals surface area contributed by atoms with Crippen LogP contribution in [0.3, 0.4) is 0 Å². The van der Waals surface area contributed by atoms with Crippen molar-refractivity contribution in [2.24, 2.45) is 5.73 Å². The predicted octanol–water partition coefficient (Wildman–Crippen LogP) is 6.76. The van der Waals surface area contributed by atoms with Gasteiger partial charge in [-0.25, -0.2) is 4.79 Å². The summed E-state index contributed by atoms with van der Waals surface area (Å²) in [5.41, 5.74) is 5.65. The molecule has 11 heteroatoms. The minimum atomic E-state index is -2.22. The molecule has 0 heterocycles. The van der Waals surface area contributed by atoms with E-state index < -0.39 is 34.4 Å². The summed E-state index contributed by atoms with van der Waals surface area (Å²) in [5, 5.41) is 5.70. The summed E-state index contributed by atoms with van der Waals surface area (Å²) >= 11 is 0. The van der Waals surface area contributed by atoms with Crippen molar-refractivity contribution in [2.75, 3.05) is 26.3 Å². The van der Waals surface area contributed by atoms with Crippen LogP contribution in [0.15, 0.2) is 18.2 Å². The van der Waals surface area contributed by atoms with Gasteiger partial charge in [0.15, 0.2) is 0 Å². The van der Waals surface area contributed by atoms with Crippen molar-refractivity contribution in [1.82, 2.24) is 10.6 Å². The summed E-state index contributed by atoms with van der Waals surface area (Å²) in [7, 11) is -4.38. The third-order valence-electron chi connectivity index (χ3n) is 8.06. The Morgan fingerprint density at radius 1 is 0.837 bits per heavy atom. The summed E-state index contributed by atoms with van der Waals surface area (Å²) in [6.07, 6.45) is 1.06. The zero-order chi connectivity index (χ0) is 33.3. The van der Waals surface area contributed by atoms with Crippen LogP contribution in [0.25, 0.3) is 0 Å². The average molecular weight is 640 g/mol. The van der Waals surface area contributed by atoms with Gasteiger partial charge in [0, 0.05) is 26.2 Å². The lowest BCUT2D eigenvalue weighted by atomic mass is 10.0. The lowest BCUT2D eigenvalue weighted by molar-refractivity contribution is -0.123. The highest BCUT2D eigenvalue weighted by Crippen LogP contribution is 2.43.